The lowest BCUT2D eigenvalue weighted by Gasteiger charge is -2.18. The third-order valence-electron chi connectivity index (χ3n) is 4.73. The Bertz CT molecular complexity index is 1170. The lowest BCUT2D eigenvalue weighted by Crippen LogP contribution is -2.26. The molecule has 3 aromatic rings. The summed E-state index contributed by atoms with van der Waals surface area (Å²) in [6.07, 6.45) is 1.67. The summed E-state index contributed by atoms with van der Waals surface area (Å²) >= 11 is 0. The van der Waals surface area contributed by atoms with Gasteiger partial charge >= 0.3 is 0 Å². The number of carbonyl (C=O) groups excluding carboxylic acids is 1. The van der Waals surface area contributed by atoms with Crippen molar-refractivity contribution in [1.82, 2.24) is 9.29 Å². The Morgan fingerprint density at radius 2 is 1.83 bits per heavy atom. The van der Waals surface area contributed by atoms with E-state index < -0.39 is 15.9 Å². The van der Waals surface area contributed by atoms with E-state index >= 15 is 0 Å². The van der Waals surface area contributed by atoms with Crippen molar-refractivity contribution in [1.29, 1.82) is 0 Å². The molecule has 1 amide bonds. The maximum atomic E-state index is 13.0. The van der Waals surface area contributed by atoms with Crippen LogP contribution in [-0.4, -0.2) is 30.7 Å². The minimum Gasteiger partial charge on any atom is -0.366 e. The molecule has 2 N–H and O–H groups in total. The van der Waals surface area contributed by atoms with Gasteiger partial charge in [0.15, 0.2) is 0 Å². The molecule has 0 unspecified atom stereocenters. The predicted octanol–water partition coefficient (Wildman–Crippen LogP) is 3.29. The molecule has 0 bridgehead atoms. The fraction of sp³-hybridized carbons (Fsp3) is 0.182. The maximum absolute atomic E-state index is 13.0. The van der Waals surface area contributed by atoms with Gasteiger partial charge in [0.1, 0.15) is 0 Å². The predicted molar refractivity (Wildman–Crippen MR) is 113 cm³/mol. The lowest BCUT2D eigenvalue weighted by atomic mass is 9.99. The first kappa shape index (κ1) is 20.7. The molecule has 0 radical (unpaired) electrons. The molecule has 7 heteroatoms. The first-order valence-electron chi connectivity index (χ1n) is 9.07. The molecule has 0 aliphatic rings. The number of carbonyl (C=O) groups is 1. The SMILES string of the molecule is Cc1cc(CN(C)S(=O)(=O)c2ccc(-c3cccc(C(N)=O)c3)c(C)c2)ccn1. The van der Waals surface area contributed by atoms with E-state index in [0.717, 1.165) is 27.9 Å². The highest BCUT2D eigenvalue weighted by Crippen LogP contribution is 2.28. The van der Waals surface area contributed by atoms with Crippen LogP contribution in [0, 0.1) is 13.8 Å². The molecule has 0 aliphatic carbocycles. The molecule has 0 atom stereocenters. The zero-order chi connectivity index (χ0) is 21.2. The van der Waals surface area contributed by atoms with Gasteiger partial charge in [0.25, 0.3) is 0 Å². The number of benzene rings is 2. The summed E-state index contributed by atoms with van der Waals surface area (Å²) in [5.41, 5.74) is 9.93. The van der Waals surface area contributed by atoms with Gasteiger partial charge in [-0.1, -0.05) is 18.2 Å². The van der Waals surface area contributed by atoms with Crippen molar-refractivity contribution in [3.8, 4) is 11.1 Å². The van der Waals surface area contributed by atoms with Crippen LogP contribution in [0.25, 0.3) is 11.1 Å². The monoisotopic (exact) mass is 409 g/mol. The van der Waals surface area contributed by atoms with Crippen LogP contribution in [0.5, 0.6) is 0 Å². The van der Waals surface area contributed by atoms with E-state index in [1.165, 1.54) is 4.31 Å². The van der Waals surface area contributed by atoms with Crippen molar-refractivity contribution in [3.63, 3.8) is 0 Å². The van der Waals surface area contributed by atoms with Crippen LogP contribution < -0.4 is 5.73 Å². The number of pyridine rings is 1. The quantitative estimate of drug-likeness (QED) is 0.676. The largest absolute Gasteiger partial charge is 0.366 e. The number of sulfonamides is 1. The normalized spacial score (nSPS) is 11.6. The zero-order valence-electron chi connectivity index (χ0n) is 16.6. The Labute approximate surface area is 171 Å². The topological polar surface area (TPSA) is 93.4 Å². The number of aromatic nitrogens is 1. The zero-order valence-corrected chi connectivity index (χ0v) is 17.4. The average molecular weight is 410 g/mol. The van der Waals surface area contributed by atoms with Crippen molar-refractivity contribution in [3.05, 3.63) is 83.2 Å². The molecule has 2 aromatic carbocycles. The minimum absolute atomic E-state index is 0.220. The van der Waals surface area contributed by atoms with Crippen LogP contribution in [0.15, 0.2) is 65.7 Å². The van der Waals surface area contributed by atoms with Gasteiger partial charge in [0.05, 0.1) is 4.90 Å². The molecule has 0 saturated heterocycles. The molecule has 29 heavy (non-hydrogen) atoms. The number of amides is 1. The van der Waals surface area contributed by atoms with Crippen molar-refractivity contribution in [2.45, 2.75) is 25.3 Å². The van der Waals surface area contributed by atoms with Crippen molar-refractivity contribution >= 4 is 15.9 Å². The van der Waals surface area contributed by atoms with Gasteiger partial charge in [0.2, 0.25) is 15.9 Å². The van der Waals surface area contributed by atoms with Crippen LogP contribution in [0.4, 0.5) is 0 Å². The molecule has 6 nitrogen and oxygen atoms in total. The third-order valence-corrected chi connectivity index (χ3v) is 6.53. The van der Waals surface area contributed by atoms with E-state index in [0.29, 0.717) is 5.56 Å². The summed E-state index contributed by atoms with van der Waals surface area (Å²) in [5, 5.41) is 0. The standard InChI is InChI=1S/C22H23N3O3S/c1-15-11-20(7-8-21(15)18-5-4-6-19(13-18)22(23)26)29(27,28)25(3)14-17-9-10-24-16(2)12-17/h4-13H,14H2,1-3H3,(H2,23,26). The number of hydrogen-bond acceptors (Lipinski definition) is 4. The Balaban J connectivity index is 1.90. The summed E-state index contributed by atoms with van der Waals surface area (Å²) in [5.74, 6) is -0.503. The van der Waals surface area contributed by atoms with E-state index in [1.807, 2.05) is 26.0 Å². The average Bonchev–Trinajstić information content (AvgIpc) is 2.68. The van der Waals surface area contributed by atoms with Crippen molar-refractivity contribution < 1.29 is 13.2 Å². The van der Waals surface area contributed by atoms with E-state index in [9.17, 15) is 13.2 Å². The van der Waals surface area contributed by atoms with E-state index in [2.05, 4.69) is 4.98 Å². The number of primary amides is 1. The fourth-order valence-corrected chi connectivity index (χ4v) is 4.43. The van der Waals surface area contributed by atoms with Crippen LogP contribution in [0.2, 0.25) is 0 Å². The maximum Gasteiger partial charge on any atom is 0.248 e. The summed E-state index contributed by atoms with van der Waals surface area (Å²) in [7, 11) is -2.09. The highest BCUT2D eigenvalue weighted by atomic mass is 32.2. The van der Waals surface area contributed by atoms with E-state index in [1.54, 1.807) is 55.7 Å². The Morgan fingerprint density at radius 3 is 2.48 bits per heavy atom. The third kappa shape index (κ3) is 4.52. The second-order valence-electron chi connectivity index (χ2n) is 6.99. The first-order chi connectivity index (χ1) is 13.7. The van der Waals surface area contributed by atoms with Crippen LogP contribution in [0.3, 0.4) is 0 Å². The highest BCUT2D eigenvalue weighted by molar-refractivity contribution is 7.89. The summed E-state index contributed by atoms with van der Waals surface area (Å²) in [6, 6.07) is 15.6. The second-order valence-corrected chi connectivity index (χ2v) is 9.03. The molecular formula is C22H23N3O3S. The first-order valence-corrected chi connectivity index (χ1v) is 10.5. The van der Waals surface area contributed by atoms with E-state index in [4.69, 9.17) is 5.73 Å². The Morgan fingerprint density at radius 1 is 1.07 bits per heavy atom. The van der Waals surface area contributed by atoms with Gasteiger partial charge in [-0.15, -0.1) is 0 Å². The number of nitrogens with zero attached hydrogens (tertiary/aromatic N) is 2. The number of aryl methyl sites for hydroxylation is 2. The summed E-state index contributed by atoms with van der Waals surface area (Å²) < 4.78 is 27.4. The number of hydrogen-bond donors (Lipinski definition) is 1. The number of nitrogens with two attached hydrogens (primary N) is 1. The molecule has 0 fully saturated rings. The Hall–Kier alpha value is -3.03. The van der Waals surface area contributed by atoms with Crippen LogP contribution in [0.1, 0.15) is 27.2 Å². The van der Waals surface area contributed by atoms with Crippen LogP contribution >= 0.6 is 0 Å². The van der Waals surface area contributed by atoms with Gasteiger partial charge in [0, 0.05) is 31.0 Å². The van der Waals surface area contributed by atoms with Gasteiger partial charge in [-0.3, -0.25) is 9.78 Å². The van der Waals surface area contributed by atoms with Gasteiger partial charge in [-0.05, 0) is 72.5 Å². The Kier molecular flexibility index (Phi) is 5.81. The molecule has 1 heterocycles. The molecule has 150 valence electrons. The van der Waals surface area contributed by atoms with Gasteiger partial charge in [-0.25, -0.2) is 8.42 Å². The smallest absolute Gasteiger partial charge is 0.248 e. The molecule has 0 spiro atoms. The molecule has 3 rings (SSSR count). The second kappa shape index (κ2) is 8.14. The molecule has 0 aliphatic heterocycles. The highest BCUT2D eigenvalue weighted by Gasteiger charge is 2.22. The molecule has 0 saturated carbocycles. The summed E-state index contributed by atoms with van der Waals surface area (Å²) in [4.78, 5) is 15.8. The van der Waals surface area contributed by atoms with E-state index in [-0.39, 0.29) is 11.4 Å². The molecular weight excluding hydrogens is 386 g/mol. The van der Waals surface area contributed by atoms with Crippen LogP contribution in [-0.2, 0) is 16.6 Å². The number of rotatable bonds is 6. The lowest BCUT2D eigenvalue weighted by molar-refractivity contribution is 0.100. The minimum atomic E-state index is -3.65. The van der Waals surface area contributed by atoms with Gasteiger partial charge < -0.3 is 5.73 Å². The van der Waals surface area contributed by atoms with Crippen molar-refractivity contribution in [2.24, 2.45) is 5.73 Å². The molecule has 1 aromatic heterocycles. The van der Waals surface area contributed by atoms with Crippen molar-refractivity contribution in [2.75, 3.05) is 7.05 Å². The summed E-state index contributed by atoms with van der Waals surface area (Å²) in [6.45, 7) is 3.97. The van der Waals surface area contributed by atoms with Gasteiger partial charge in [-0.2, -0.15) is 4.31 Å². The fourth-order valence-electron chi connectivity index (χ4n) is 3.19.